The van der Waals surface area contributed by atoms with Crippen molar-refractivity contribution < 1.29 is 9.84 Å². The van der Waals surface area contributed by atoms with Crippen molar-refractivity contribution in [3.05, 3.63) is 10.7 Å². The van der Waals surface area contributed by atoms with E-state index in [0.29, 0.717) is 29.9 Å². The molecule has 1 saturated heterocycles. The van der Waals surface area contributed by atoms with Crippen molar-refractivity contribution in [2.75, 3.05) is 24.2 Å². The summed E-state index contributed by atoms with van der Waals surface area (Å²) in [4.78, 5) is 7.89. The van der Waals surface area contributed by atoms with Crippen LogP contribution in [-0.4, -0.2) is 39.9 Å². The van der Waals surface area contributed by atoms with Crippen LogP contribution in [-0.2, 0) is 4.74 Å². The highest BCUT2D eigenvalue weighted by atomic mass is 79.9. The molecule has 7 heteroatoms. The normalized spacial score (nSPS) is 28.3. The van der Waals surface area contributed by atoms with E-state index in [0.717, 1.165) is 0 Å². The Bertz CT molecular complexity index is 417. The first-order valence-electron chi connectivity index (χ1n) is 5.37. The lowest BCUT2D eigenvalue weighted by atomic mass is 9.97. The molecule has 2 rings (SSSR count). The number of nitrogens with one attached hydrogen (secondary N) is 1. The predicted octanol–water partition coefficient (Wildman–Crippen LogP) is 0.773. The Morgan fingerprint density at radius 2 is 2.53 bits per heavy atom. The van der Waals surface area contributed by atoms with Crippen LogP contribution in [0.1, 0.15) is 13.3 Å². The molecule has 0 bridgehead atoms. The maximum atomic E-state index is 10.3. The molecule has 2 heterocycles. The molecule has 0 amide bonds. The molecule has 1 aliphatic rings. The van der Waals surface area contributed by atoms with Crippen LogP contribution in [0.5, 0.6) is 0 Å². The maximum absolute atomic E-state index is 10.3. The summed E-state index contributed by atoms with van der Waals surface area (Å²) in [6.07, 6.45) is 2.00. The minimum atomic E-state index is -0.862. The van der Waals surface area contributed by atoms with Gasteiger partial charge >= 0.3 is 0 Å². The second-order valence-electron chi connectivity index (χ2n) is 4.14. The zero-order valence-electron chi connectivity index (χ0n) is 9.48. The second-order valence-corrected chi connectivity index (χ2v) is 5.00. The van der Waals surface area contributed by atoms with Gasteiger partial charge < -0.3 is 20.9 Å². The third-order valence-corrected chi connectivity index (χ3v) is 3.56. The highest BCUT2D eigenvalue weighted by Crippen LogP contribution is 2.27. The second kappa shape index (κ2) is 4.75. The first-order valence-corrected chi connectivity index (χ1v) is 6.16. The summed E-state index contributed by atoms with van der Waals surface area (Å²) in [7, 11) is 0. The first-order chi connectivity index (χ1) is 8.01. The Morgan fingerprint density at radius 1 is 1.76 bits per heavy atom. The summed E-state index contributed by atoms with van der Waals surface area (Å²) < 4.78 is 6.06. The van der Waals surface area contributed by atoms with E-state index >= 15 is 0 Å². The van der Waals surface area contributed by atoms with Crippen molar-refractivity contribution in [1.82, 2.24) is 9.97 Å². The van der Waals surface area contributed by atoms with Gasteiger partial charge in [-0.2, -0.15) is 4.98 Å². The fraction of sp³-hybridized carbons (Fsp3) is 0.600. The van der Waals surface area contributed by atoms with Crippen LogP contribution in [0.15, 0.2) is 10.7 Å². The predicted molar refractivity (Wildman–Crippen MR) is 67.6 cm³/mol. The monoisotopic (exact) mass is 302 g/mol. The lowest BCUT2D eigenvalue weighted by Crippen LogP contribution is -2.43. The number of halogens is 1. The van der Waals surface area contributed by atoms with Crippen molar-refractivity contribution >= 4 is 27.7 Å². The minimum absolute atomic E-state index is 0.187. The summed E-state index contributed by atoms with van der Waals surface area (Å²) in [5, 5.41) is 13.4. The van der Waals surface area contributed by atoms with E-state index in [1.807, 2.05) is 6.92 Å². The van der Waals surface area contributed by atoms with Gasteiger partial charge in [-0.15, -0.1) is 0 Å². The van der Waals surface area contributed by atoms with Gasteiger partial charge in [0.2, 0.25) is 5.95 Å². The van der Waals surface area contributed by atoms with E-state index in [2.05, 4.69) is 31.2 Å². The van der Waals surface area contributed by atoms with Gasteiger partial charge in [0, 0.05) is 25.8 Å². The number of anilines is 2. The smallest absolute Gasteiger partial charge is 0.221 e. The first kappa shape index (κ1) is 12.5. The van der Waals surface area contributed by atoms with Crippen molar-refractivity contribution in [2.45, 2.75) is 25.0 Å². The molecule has 0 aliphatic carbocycles. The summed E-state index contributed by atoms with van der Waals surface area (Å²) in [5.74, 6) is 0.767. The Kier molecular flexibility index (Phi) is 3.50. The van der Waals surface area contributed by atoms with Crippen LogP contribution in [0.2, 0.25) is 0 Å². The number of hydrogen-bond acceptors (Lipinski definition) is 6. The standard InChI is InChI=1S/C10H15BrN4O2/c1-6-10(16,2-3-17-6)5-14-8-7(11)4-13-9(12)15-8/h4,6,16H,2-3,5H2,1H3,(H3,12,13,14,15). The average Bonchev–Trinajstić information content (AvgIpc) is 2.61. The van der Waals surface area contributed by atoms with Gasteiger partial charge in [0.1, 0.15) is 11.4 Å². The van der Waals surface area contributed by atoms with Crippen LogP contribution in [0.3, 0.4) is 0 Å². The van der Waals surface area contributed by atoms with Crippen LogP contribution >= 0.6 is 15.9 Å². The molecule has 2 unspecified atom stereocenters. The molecule has 94 valence electrons. The molecule has 0 saturated carbocycles. The van der Waals surface area contributed by atoms with Crippen LogP contribution in [0, 0.1) is 0 Å². The number of ether oxygens (including phenoxy) is 1. The number of hydrogen-bond donors (Lipinski definition) is 3. The molecule has 0 spiro atoms. The van der Waals surface area contributed by atoms with E-state index in [1.54, 1.807) is 6.20 Å². The molecule has 17 heavy (non-hydrogen) atoms. The van der Waals surface area contributed by atoms with Gasteiger partial charge in [-0.05, 0) is 22.9 Å². The van der Waals surface area contributed by atoms with Crippen LogP contribution in [0.4, 0.5) is 11.8 Å². The Hall–Kier alpha value is -0.920. The molecule has 0 aromatic carbocycles. The maximum Gasteiger partial charge on any atom is 0.221 e. The zero-order valence-corrected chi connectivity index (χ0v) is 11.1. The highest BCUT2D eigenvalue weighted by Gasteiger charge is 2.39. The molecule has 1 aromatic heterocycles. The Labute approximate surface area is 108 Å². The minimum Gasteiger partial charge on any atom is -0.385 e. The Balaban J connectivity index is 2.04. The lowest BCUT2D eigenvalue weighted by Gasteiger charge is -2.26. The molecular formula is C10H15BrN4O2. The molecule has 6 nitrogen and oxygen atoms in total. The van der Waals surface area contributed by atoms with Gasteiger partial charge in [0.15, 0.2) is 0 Å². The van der Waals surface area contributed by atoms with E-state index in [-0.39, 0.29) is 12.1 Å². The van der Waals surface area contributed by atoms with Gasteiger partial charge in [-0.1, -0.05) is 0 Å². The molecular weight excluding hydrogens is 288 g/mol. The molecule has 4 N–H and O–H groups in total. The lowest BCUT2D eigenvalue weighted by molar-refractivity contribution is -0.0176. The molecule has 0 radical (unpaired) electrons. The van der Waals surface area contributed by atoms with Crippen molar-refractivity contribution in [3.8, 4) is 0 Å². The zero-order chi connectivity index (χ0) is 12.5. The highest BCUT2D eigenvalue weighted by molar-refractivity contribution is 9.10. The van der Waals surface area contributed by atoms with Crippen molar-refractivity contribution in [2.24, 2.45) is 0 Å². The van der Waals surface area contributed by atoms with Crippen LogP contribution < -0.4 is 11.1 Å². The number of nitrogen functional groups attached to an aromatic ring is 1. The molecule has 1 fully saturated rings. The number of rotatable bonds is 3. The molecule has 2 atom stereocenters. The van der Waals surface area contributed by atoms with Gasteiger partial charge in [0.25, 0.3) is 0 Å². The molecule has 1 aliphatic heterocycles. The van der Waals surface area contributed by atoms with E-state index in [1.165, 1.54) is 0 Å². The summed E-state index contributed by atoms with van der Waals surface area (Å²) in [6.45, 7) is 2.80. The van der Waals surface area contributed by atoms with Gasteiger partial charge in [0.05, 0.1) is 10.6 Å². The fourth-order valence-electron chi connectivity index (χ4n) is 1.74. The number of nitrogens with two attached hydrogens (primary N) is 1. The van der Waals surface area contributed by atoms with Crippen molar-refractivity contribution in [3.63, 3.8) is 0 Å². The number of aliphatic hydroxyl groups is 1. The quantitative estimate of drug-likeness (QED) is 0.764. The van der Waals surface area contributed by atoms with Gasteiger partial charge in [-0.25, -0.2) is 4.98 Å². The fourth-order valence-corrected chi connectivity index (χ4v) is 2.08. The topological polar surface area (TPSA) is 93.3 Å². The van der Waals surface area contributed by atoms with Crippen LogP contribution in [0.25, 0.3) is 0 Å². The largest absolute Gasteiger partial charge is 0.385 e. The Morgan fingerprint density at radius 3 is 3.18 bits per heavy atom. The third kappa shape index (κ3) is 2.67. The van der Waals surface area contributed by atoms with Crippen molar-refractivity contribution in [1.29, 1.82) is 0 Å². The summed E-state index contributed by atoms with van der Waals surface area (Å²) in [5.41, 5.74) is 4.64. The van der Waals surface area contributed by atoms with E-state index in [9.17, 15) is 5.11 Å². The van der Waals surface area contributed by atoms with E-state index in [4.69, 9.17) is 10.5 Å². The summed E-state index contributed by atoms with van der Waals surface area (Å²) >= 11 is 3.32. The number of aromatic nitrogens is 2. The van der Waals surface area contributed by atoms with Gasteiger partial charge in [-0.3, -0.25) is 0 Å². The average molecular weight is 303 g/mol. The SMILES string of the molecule is CC1OCCC1(O)CNc1nc(N)ncc1Br. The molecule has 1 aromatic rings. The summed E-state index contributed by atoms with van der Waals surface area (Å²) in [6, 6.07) is 0. The number of nitrogens with zero attached hydrogens (tertiary/aromatic N) is 2. The van der Waals surface area contributed by atoms with E-state index < -0.39 is 5.60 Å². The third-order valence-electron chi connectivity index (χ3n) is 2.98.